The molecule has 0 aliphatic heterocycles. The highest BCUT2D eigenvalue weighted by Crippen LogP contribution is 2.40. The lowest BCUT2D eigenvalue weighted by Crippen LogP contribution is -2.49. The summed E-state index contributed by atoms with van der Waals surface area (Å²) in [6, 6.07) is 8.90. The molecule has 1 aromatic carbocycles. The Hall–Kier alpha value is -1.67. The van der Waals surface area contributed by atoms with Gasteiger partial charge < -0.3 is 4.90 Å². The highest BCUT2D eigenvalue weighted by Gasteiger charge is 2.34. The van der Waals surface area contributed by atoms with E-state index < -0.39 is 0 Å². The smallest absolute Gasteiger partial charge is 0.233 e. The van der Waals surface area contributed by atoms with Crippen molar-refractivity contribution in [2.75, 3.05) is 5.75 Å². The number of amides is 1. The van der Waals surface area contributed by atoms with Crippen LogP contribution in [0.2, 0.25) is 0 Å². The van der Waals surface area contributed by atoms with Crippen molar-refractivity contribution in [3.05, 3.63) is 40.1 Å². The molecule has 3 saturated carbocycles. The summed E-state index contributed by atoms with van der Waals surface area (Å²) in [5, 5.41) is 14.4. The summed E-state index contributed by atoms with van der Waals surface area (Å²) in [5.74, 6) is 2.02. The quantitative estimate of drug-likeness (QED) is 0.286. The third-order valence-corrected chi connectivity index (χ3v) is 8.75. The Morgan fingerprint density at radius 1 is 0.971 bits per heavy atom. The molecular formula is C26H34BrN5OS. The van der Waals surface area contributed by atoms with Crippen LogP contribution >= 0.6 is 27.7 Å². The van der Waals surface area contributed by atoms with Crippen LogP contribution in [-0.2, 0) is 4.79 Å². The minimum Gasteiger partial charge on any atom is -0.336 e. The molecular weight excluding hydrogens is 510 g/mol. The fourth-order valence-electron chi connectivity index (χ4n) is 5.37. The Labute approximate surface area is 215 Å². The van der Waals surface area contributed by atoms with Crippen molar-refractivity contribution in [3.63, 3.8) is 0 Å². The van der Waals surface area contributed by atoms with Crippen LogP contribution in [0.25, 0.3) is 0 Å². The van der Waals surface area contributed by atoms with E-state index in [2.05, 4.69) is 31.0 Å². The molecule has 2 aromatic rings. The van der Waals surface area contributed by atoms with Crippen LogP contribution in [0, 0.1) is 0 Å². The Morgan fingerprint density at radius 2 is 1.59 bits per heavy atom. The van der Waals surface area contributed by atoms with Gasteiger partial charge in [0.2, 0.25) is 11.1 Å². The van der Waals surface area contributed by atoms with E-state index in [1.807, 2.05) is 35.2 Å². The van der Waals surface area contributed by atoms with E-state index in [9.17, 15) is 4.79 Å². The molecule has 0 atom stereocenters. The van der Waals surface area contributed by atoms with E-state index in [0.29, 0.717) is 23.8 Å². The lowest BCUT2D eigenvalue weighted by Gasteiger charge is -2.41. The van der Waals surface area contributed by atoms with Gasteiger partial charge in [-0.25, -0.2) is 0 Å². The Bertz CT molecular complexity index is 973. The SMILES string of the molecule is O=C(CSc1nnc(C2CC2)n1/N=C/c1ccc(Br)cc1)N(C1CCCCC1)C1CCCCC1. The second kappa shape index (κ2) is 11.4. The largest absolute Gasteiger partial charge is 0.336 e. The van der Waals surface area contributed by atoms with Gasteiger partial charge in [-0.3, -0.25) is 4.79 Å². The summed E-state index contributed by atoms with van der Waals surface area (Å²) in [7, 11) is 0. The summed E-state index contributed by atoms with van der Waals surface area (Å²) in [6.45, 7) is 0. The summed E-state index contributed by atoms with van der Waals surface area (Å²) in [5.41, 5.74) is 1.02. The molecule has 5 rings (SSSR count). The molecule has 3 aliphatic carbocycles. The number of rotatable bonds is 8. The number of carbonyl (C=O) groups is 1. The number of aromatic nitrogens is 3. The average Bonchev–Trinajstić information content (AvgIpc) is 3.64. The van der Waals surface area contributed by atoms with Gasteiger partial charge in [0.25, 0.3) is 0 Å². The zero-order valence-corrected chi connectivity index (χ0v) is 22.1. The van der Waals surface area contributed by atoms with Crippen LogP contribution in [0.4, 0.5) is 0 Å². The predicted molar refractivity (Wildman–Crippen MR) is 140 cm³/mol. The van der Waals surface area contributed by atoms with E-state index in [1.165, 1.54) is 50.3 Å². The lowest BCUT2D eigenvalue weighted by molar-refractivity contribution is -0.135. The van der Waals surface area contributed by atoms with E-state index in [-0.39, 0.29) is 5.91 Å². The maximum Gasteiger partial charge on any atom is 0.233 e. The van der Waals surface area contributed by atoms with Gasteiger partial charge in [0.15, 0.2) is 5.82 Å². The first-order valence-corrected chi connectivity index (χ1v) is 14.7. The third kappa shape index (κ3) is 5.93. The van der Waals surface area contributed by atoms with Gasteiger partial charge >= 0.3 is 0 Å². The first-order valence-electron chi connectivity index (χ1n) is 12.9. The van der Waals surface area contributed by atoms with Crippen LogP contribution in [0.1, 0.15) is 94.4 Å². The minimum absolute atomic E-state index is 0.267. The number of thioether (sulfide) groups is 1. The van der Waals surface area contributed by atoms with Gasteiger partial charge in [-0.1, -0.05) is 78.3 Å². The van der Waals surface area contributed by atoms with E-state index in [4.69, 9.17) is 5.10 Å². The second-order valence-corrected chi connectivity index (χ2v) is 11.8. The van der Waals surface area contributed by atoms with Gasteiger partial charge in [-0.05, 0) is 56.2 Å². The molecule has 0 saturated heterocycles. The van der Waals surface area contributed by atoms with Gasteiger partial charge in [0.1, 0.15) is 0 Å². The zero-order valence-electron chi connectivity index (χ0n) is 19.7. The van der Waals surface area contributed by atoms with Crippen molar-refractivity contribution in [3.8, 4) is 0 Å². The molecule has 6 nitrogen and oxygen atoms in total. The number of nitrogens with zero attached hydrogens (tertiary/aromatic N) is 5. The summed E-state index contributed by atoms with van der Waals surface area (Å²) >= 11 is 4.97. The summed E-state index contributed by atoms with van der Waals surface area (Å²) < 4.78 is 2.91. The minimum atomic E-state index is 0.267. The van der Waals surface area contributed by atoms with Crippen LogP contribution < -0.4 is 0 Å². The molecule has 0 N–H and O–H groups in total. The molecule has 34 heavy (non-hydrogen) atoms. The first-order chi connectivity index (χ1) is 16.7. The average molecular weight is 545 g/mol. The van der Waals surface area contributed by atoms with Crippen LogP contribution in [0.3, 0.4) is 0 Å². The molecule has 3 aliphatic rings. The highest BCUT2D eigenvalue weighted by atomic mass is 79.9. The van der Waals surface area contributed by atoms with E-state index in [1.54, 1.807) is 0 Å². The fourth-order valence-corrected chi connectivity index (χ4v) is 6.40. The van der Waals surface area contributed by atoms with Crippen LogP contribution in [0.15, 0.2) is 39.0 Å². The number of halogens is 1. The molecule has 0 radical (unpaired) electrons. The third-order valence-electron chi connectivity index (χ3n) is 7.32. The maximum atomic E-state index is 13.6. The number of hydrogen-bond acceptors (Lipinski definition) is 5. The monoisotopic (exact) mass is 543 g/mol. The number of carbonyl (C=O) groups excluding carboxylic acids is 1. The van der Waals surface area contributed by atoms with Crippen LogP contribution in [0.5, 0.6) is 0 Å². The highest BCUT2D eigenvalue weighted by molar-refractivity contribution is 9.10. The molecule has 0 bridgehead atoms. The van der Waals surface area contributed by atoms with Gasteiger partial charge in [-0.2, -0.15) is 9.78 Å². The van der Waals surface area contributed by atoms with Crippen molar-refractivity contribution in [1.82, 2.24) is 19.8 Å². The Kier molecular flexibility index (Phi) is 8.05. The number of hydrogen-bond donors (Lipinski definition) is 0. The maximum absolute atomic E-state index is 13.6. The molecule has 3 fully saturated rings. The van der Waals surface area contributed by atoms with Crippen molar-refractivity contribution in [1.29, 1.82) is 0 Å². The van der Waals surface area contributed by atoms with Crippen LogP contribution in [-0.4, -0.2) is 49.7 Å². The van der Waals surface area contributed by atoms with Crippen molar-refractivity contribution < 1.29 is 4.79 Å². The second-order valence-electron chi connectivity index (χ2n) is 9.90. The molecule has 8 heteroatoms. The summed E-state index contributed by atoms with van der Waals surface area (Å²) in [4.78, 5) is 15.9. The molecule has 1 aromatic heterocycles. The van der Waals surface area contributed by atoms with Crippen molar-refractivity contribution >= 4 is 39.8 Å². The van der Waals surface area contributed by atoms with Crippen molar-refractivity contribution in [2.45, 2.75) is 100 Å². The van der Waals surface area contributed by atoms with Gasteiger partial charge in [0, 0.05) is 22.5 Å². The molecule has 0 spiro atoms. The zero-order chi connectivity index (χ0) is 23.3. The molecule has 0 unspecified atom stereocenters. The van der Waals surface area contributed by atoms with Gasteiger partial charge in [-0.15, -0.1) is 10.2 Å². The fraction of sp³-hybridized carbons (Fsp3) is 0.615. The van der Waals surface area contributed by atoms with E-state index in [0.717, 1.165) is 59.5 Å². The van der Waals surface area contributed by atoms with E-state index >= 15 is 0 Å². The lowest BCUT2D eigenvalue weighted by atomic mass is 9.88. The molecule has 1 amide bonds. The normalized spacial score (nSPS) is 20.1. The standard InChI is InChI=1S/C26H34BrN5OS/c27-21-15-11-19(12-16-21)17-28-32-25(20-13-14-20)29-30-26(32)34-18-24(33)31(22-7-3-1-4-8-22)23-9-5-2-6-10-23/h11-12,15-17,20,22-23H,1-10,13-14,18H2/b28-17+. The predicted octanol–water partition coefficient (Wildman–Crippen LogP) is 6.39. The Morgan fingerprint density at radius 3 is 2.18 bits per heavy atom. The topological polar surface area (TPSA) is 63.4 Å². The molecule has 182 valence electrons. The van der Waals surface area contributed by atoms with Crippen molar-refractivity contribution in [2.24, 2.45) is 5.10 Å². The van der Waals surface area contributed by atoms with Gasteiger partial charge in [0.05, 0.1) is 12.0 Å². The Balaban J connectivity index is 1.31. The number of benzene rings is 1. The molecule has 1 heterocycles. The summed E-state index contributed by atoms with van der Waals surface area (Å²) in [6.07, 6.45) is 16.4. The first kappa shape index (κ1) is 24.0.